The number of anilines is 2. The van der Waals surface area contributed by atoms with E-state index in [9.17, 15) is 21.2 Å². The average Bonchev–Trinajstić information content (AvgIpc) is 3.48. The van der Waals surface area contributed by atoms with E-state index in [-0.39, 0.29) is 29.1 Å². The first-order valence-electron chi connectivity index (χ1n) is 13.4. The minimum atomic E-state index is -3.15. The highest BCUT2D eigenvalue weighted by atomic mass is 35.5. The first-order chi connectivity index (χ1) is 20.4. The van der Waals surface area contributed by atoms with E-state index in [0.29, 0.717) is 62.9 Å². The predicted octanol–water partition coefficient (Wildman–Crippen LogP) is 4.18. The van der Waals surface area contributed by atoms with Crippen LogP contribution in [0.2, 0.25) is 5.15 Å². The van der Waals surface area contributed by atoms with Gasteiger partial charge in [0.15, 0.2) is 19.7 Å². The van der Waals surface area contributed by atoms with Crippen molar-refractivity contribution >= 4 is 64.8 Å². The number of nitrogens with zero attached hydrogens (tertiary/aromatic N) is 4. The number of H-pyrrole nitrogens is 2. The number of aromatic amines is 2. The molecule has 0 spiro atoms. The second kappa shape index (κ2) is 11.0. The van der Waals surface area contributed by atoms with Crippen molar-refractivity contribution in [2.75, 3.05) is 16.8 Å². The zero-order valence-electron chi connectivity index (χ0n) is 23.1. The molecule has 0 bridgehead atoms. The number of hydrogen-bond acceptors (Lipinski definition) is 10. The van der Waals surface area contributed by atoms with E-state index in [4.69, 9.17) is 16.3 Å². The average molecular weight is 648 g/mol. The molecular formula is C27H27ClFN7O5S2. The molecule has 0 fully saturated rings. The van der Waals surface area contributed by atoms with Gasteiger partial charge in [0.2, 0.25) is 0 Å². The molecule has 2 aliphatic rings. The fraction of sp³-hybridized carbons (Fsp3) is 0.333. The molecule has 4 aromatic heterocycles. The summed E-state index contributed by atoms with van der Waals surface area (Å²) in [6.07, 6.45) is 3.54. The smallest absolute Gasteiger partial charge is 0.154 e. The Morgan fingerprint density at radius 3 is 2.09 bits per heavy atom. The maximum absolute atomic E-state index is 13.6. The van der Waals surface area contributed by atoms with Gasteiger partial charge in [-0.2, -0.15) is 0 Å². The van der Waals surface area contributed by atoms with Gasteiger partial charge in [-0.05, 0) is 26.0 Å². The zero-order chi connectivity index (χ0) is 30.5. The number of hydrogen-bond donors (Lipinski definition) is 3. The van der Waals surface area contributed by atoms with Gasteiger partial charge in [-0.15, -0.1) is 0 Å². The van der Waals surface area contributed by atoms with Crippen LogP contribution in [0.15, 0.2) is 30.9 Å². The molecule has 0 unspecified atom stereocenters. The van der Waals surface area contributed by atoms with Gasteiger partial charge < -0.3 is 20.0 Å². The third kappa shape index (κ3) is 6.01. The minimum absolute atomic E-state index is 0.0232. The molecule has 0 saturated heterocycles. The number of sulfone groups is 2. The van der Waals surface area contributed by atoms with Crippen LogP contribution in [0.5, 0.6) is 5.75 Å². The van der Waals surface area contributed by atoms with Crippen LogP contribution in [-0.4, -0.2) is 64.3 Å². The molecule has 0 aliphatic carbocycles. The van der Waals surface area contributed by atoms with Crippen molar-refractivity contribution in [2.24, 2.45) is 0 Å². The molecule has 226 valence electrons. The van der Waals surface area contributed by atoms with Crippen LogP contribution < -0.4 is 10.1 Å². The Balaban J connectivity index is 0.000000174. The second-order valence-corrected chi connectivity index (χ2v) is 15.3. The van der Waals surface area contributed by atoms with Crippen LogP contribution in [-0.2, 0) is 44.0 Å². The summed E-state index contributed by atoms with van der Waals surface area (Å²) in [6, 6.07) is 4.19. The molecule has 12 nitrogen and oxygen atoms in total. The number of halogens is 2. The van der Waals surface area contributed by atoms with Gasteiger partial charge in [-0.3, -0.25) is 0 Å². The van der Waals surface area contributed by atoms with Crippen LogP contribution >= 0.6 is 11.6 Å². The lowest BCUT2D eigenvalue weighted by atomic mass is 10.1. The lowest BCUT2D eigenvalue weighted by Gasteiger charge is -2.16. The van der Waals surface area contributed by atoms with Gasteiger partial charge in [0.1, 0.15) is 46.5 Å². The third-order valence-electron chi connectivity index (χ3n) is 7.13. The zero-order valence-corrected chi connectivity index (χ0v) is 25.5. The molecular weight excluding hydrogens is 621 g/mol. The van der Waals surface area contributed by atoms with Gasteiger partial charge in [0, 0.05) is 41.4 Å². The molecule has 1 aromatic carbocycles. The maximum atomic E-state index is 13.6. The van der Waals surface area contributed by atoms with Crippen molar-refractivity contribution in [3.8, 4) is 5.75 Å². The largest absolute Gasteiger partial charge is 0.489 e. The Morgan fingerprint density at radius 2 is 1.47 bits per heavy atom. The summed E-state index contributed by atoms with van der Waals surface area (Å²) in [6.45, 7) is 3.70. The monoisotopic (exact) mass is 647 g/mol. The van der Waals surface area contributed by atoms with Crippen LogP contribution in [0.3, 0.4) is 0 Å². The number of aryl methyl sites for hydroxylation is 2. The molecule has 43 heavy (non-hydrogen) atoms. The van der Waals surface area contributed by atoms with Gasteiger partial charge in [0.25, 0.3) is 0 Å². The fourth-order valence-corrected chi connectivity index (χ4v) is 8.33. The highest BCUT2D eigenvalue weighted by molar-refractivity contribution is 7.90. The molecule has 0 atom stereocenters. The predicted molar refractivity (Wildman–Crippen MR) is 161 cm³/mol. The van der Waals surface area contributed by atoms with E-state index < -0.39 is 25.5 Å². The van der Waals surface area contributed by atoms with E-state index in [1.807, 2.05) is 13.8 Å². The summed E-state index contributed by atoms with van der Waals surface area (Å²) in [5.41, 5.74) is 4.91. The van der Waals surface area contributed by atoms with Crippen molar-refractivity contribution in [3.63, 3.8) is 0 Å². The number of benzene rings is 1. The number of rotatable bonds is 4. The highest BCUT2D eigenvalue weighted by Gasteiger charge is 2.28. The quantitative estimate of drug-likeness (QED) is 0.240. The van der Waals surface area contributed by atoms with Crippen molar-refractivity contribution < 1.29 is 26.0 Å². The number of ether oxygens (including phenoxy) is 1. The Morgan fingerprint density at radius 1 is 0.884 bits per heavy atom. The molecule has 16 heteroatoms. The van der Waals surface area contributed by atoms with E-state index in [1.165, 1.54) is 24.8 Å². The molecule has 0 amide bonds. The molecule has 3 N–H and O–H groups in total. The maximum Gasteiger partial charge on any atom is 0.154 e. The Bertz CT molecular complexity index is 2100. The summed E-state index contributed by atoms with van der Waals surface area (Å²) < 4.78 is 66.7. The van der Waals surface area contributed by atoms with E-state index in [1.54, 1.807) is 6.07 Å². The standard InChI is InChI=1S/C18H19FN4O3S.C9H8ClN3O2S/c1-10(2)26-15-7-11(19)3-4-14(15)23-18-16-12-8-27(24,25)6-5-13(12)22-17(16)20-9-21-18;10-8-7-5-3-16(14,15)2-1-6(5)13-9(7)12-4-11-8/h3-4,7,9-10H,5-6,8H2,1-2H3,(H2,20,21,22,23);4H,1-3H2,(H,11,12,13). The first-order valence-corrected chi connectivity index (χ1v) is 17.4. The van der Waals surface area contributed by atoms with Crippen molar-refractivity contribution in [3.05, 3.63) is 64.3 Å². The molecule has 0 radical (unpaired) electrons. The summed E-state index contributed by atoms with van der Waals surface area (Å²) in [5, 5.41) is 4.74. The molecule has 2 aliphatic heterocycles. The van der Waals surface area contributed by atoms with Crippen molar-refractivity contribution in [2.45, 2.75) is 44.3 Å². The van der Waals surface area contributed by atoms with Crippen molar-refractivity contribution in [1.82, 2.24) is 29.9 Å². The molecule has 7 rings (SSSR count). The number of fused-ring (bicyclic) bond motifs is 6. The SMILES string of the molecule is CC(C)Oc1cc(F)ccc1Nc1ncnc2[nH]c3c(c12)CS(=O)(=O)CC3.O=S1(=O)CCc2[nH]c3ncnc(Cl)c3c2C1. The van der Waals surface area contributed by atoms with E-state index >= 15 is 0 Å². The summed E-state index contributed by atoms with van der Waals surface area (Å²) in [5.74, 6) is 0.668. The fourth-order valence-electron chi connectivity index (χ4n) is 5.25. The Kier molecular flexibility index (Phi) is 7.50. The lowest BCUT2D eigenvalue weighted by molar-refractivity contribution is 0.243. The topological polar surface area (TPSA) is 173 Å². The van der Waals surface area contributed by atoms with Crippen LogP contribution in [0.4, 0.5) is 15.9 Å². The number of aromatic nitrogens is 6. The van der Waals surface area contributed by atoms with E-state index in [2.05, 4.69) is 35.2 Å². The van der Waals surface area contributed by atoms with Gasteiger partial charge in [-0.1, -0.05) is 11.6 Å². The molecule has 0 saturated carbocycles. The van der Waals surface area contributed by atoms with Crippen LogP contribution in [0.1, 0.15) is 36.4 Å². The normalized spacial score (nSPS) is 16.8. The third-order valence-corrected chi connectivity index (χ3v) is 10.5. The van der Waals surface area contributed by atoms with Crippen LogP contribution in [0.25, 0.3) is 22.1 Å². The van der Waals surface area contributed by atoms with Gasteiger partial charge >= 0.3 is 0 Å². The summed E-state index contributed by atoms with van der Waals surface area (Å²) in [4.78, 5) is 22.7. The molecule has 5 aromatic rings. The minimum Gasteiger partial charge on any atom is -0.489 e. The van der Waals surface area contributed by atoms with Crippen LogP contribution in [0, 0.1) is 5.82 Å². The van der Waals surface area contributed by atoms with Crippen molar-refractivity contribution in [1.29, 1.82) is 0 Å². The van der Waals surface area contributed by atoms with E-state index in [0.717, 1.165) is 17.0 Å². The highest BCUT2D eigenvalue weighted by Crippen LogP contribution is 2.36. The van der Waals surface area contributed by atoms with Gasteiger partial charge in [-0.25, -0.2) is 41.2 Å². The summed E-state index contributed by atoms with van der Waals surface area (Å²) >= 11 is 5.96. The first kappa shape index (κ1) is 29.3. The summed E-state index contributed by atoms with van der Waals surface area (Å²) in [7, 11) is -6.16. The van der Waals surface area contributed by atoms with Gasteiger partial charge in [0.05, 0.1) is 45.6 Å². The Labute approximate surface area is 251 Å². The lowest BCUT2D eigenvalue weighted by Crippen LogP contribution is -2.18. The Hall–Kier alpha value is -3.82. The molecule has 6 heterocycles. The number of nitrogens with one attached hydrogen (secondary N) is 3. The second-order valence-electron chi connectivity index (χ2n) is 10.6.